The fourth-order valence-electron chi connectivity index (χ4n) is 3.27. The van der Waals surface area contributed by atoms with E-state index in [1.807, 2.05) is 30.3 Å². The number of benzene rings is 2. The zero-order valence-electron chi connectivity index (χ0n) is 15.2. The number of Topliss-reactive ketones (excluding diaryl/α,β-unsaturated/α-hetero) is 1. The van der Waals surface area contributed by atoms with Crippen LogP contribution in [0.5, 0.6) is 0 Å². The second-order valence-electron chi connectivity index (χ2n) is 6.51. The third-order valence-electron chi connectivity index (χ3n) is 4.68. The lowest BCUT2D eigenvalue weighted by Gasteiger charge is -2.43. The molecule has 2 aromatic carbocycles. The van der Waals surface area contributed by atoms with Gasteiger partial charge in [0.2, 0.25) is 18.2 Å². The van der Waals surface area contributed by atoms with Gasteiger partial charge in [0.1, 0.15) is 6.10 Å². The van der Waals surface area contributed by atoms with Crippen LogP contribution in [0.4, 0.5) is 0 Å². The first kappa shape index (κ1) is 18.8. The lowest BCUT2D eigenvalue weighted by molar-refractivity contribution is -0.313. The van der Waals surface area contributed by atoms with Crippen LogP contribution in [0.1, 0.15) is 22.2 Å². The molecule has 0 aliphatic carbocycles. The Morgan fingerprint density at radius 3 is 2.36 bits per heavy atom. The molecule has 2 fully saturated rings. The minimum atomic E-state index is -1.23. The second kappa shape index (κ2) is 8.20. The van der Waals surface area contributed by atoms with Crippen molar-refractivity contribution in [2.45, 2.75) is 30.9 Å². The van der Waals surface area contributed by atoms with Crippen molar-refractivity contribution in [2.24, 2.45) is 0 Å². The lowest BCUT2D eigenvalue weighted by Crippen LogP contribution is -2.60. The number of hydrogen-bond acceptors (Lipinski definition) is 7. The number of carbonyl (C=O) groups excluding carboxylic acids is 2. The molecule has 0 bridgehead atoms. The highest BCUT2D eigenvalue weighted by atomic mass is 16.8. The lowest BCUT2D eigenvalue weighted by atomic mass is 9.99. The molecular weight excluding hydrogens is 364 g/mol. The number of methoxy groups -OCH3 is 1. The molecule has 2 aromatic rings. The Morgan fingerprint density at radius 2 is 1.68 bits per heavy atom. The maximum atomic E-state index is 13.1. The van der Waals surface area contributed by atoms with Gasteiger partial charge in [0.05, 0.1) is 12.2 Å². The van der Waals surface area contributed by atoms with Gasteiger partial charge in [-0.3, -0.25) is 4.79 Å². The Balaban J connectivity index is 1.51. The number of ketones is 1. The van der Waals surface area contributed by atoms with Crippen LogP contribution in [-0.2, 0) is 28.5 Å². The van der Waals surface area contributed by atoms with E-state index in [2.05, 4.69) is 0 Å². The minimum Gasteiger partial charge on any atom is -0.445 e. The molecule has 146 valence electrons. The molecule has 1 unspecified atom stereocenters. The van der Waals surface area contributed by atoms with Gasteiger partial charge in [0, 0.05) is 12.7 Å². The van der Waals surface area contributed by atoms with Gasteiger partial charge in [-0.15, -0.1) is 0 Å². The average molecular weight is 384 g/mol. The van der Waals surface area contributed by atoms with E-state index in [1.54, 1.807) is 30.3 Å². The van der Waals surface area contributed by atoms with Crippen molar-refractivity contribution in [1.29, 1.82) is 0 Å². The van der Waals surface area contributed by atoms with Crippen molar-refractivity contribution in [3.05, 3.63) is 71.8 Å². The van der Waals surface area contributed by atoms with E-state index in [0.717, 1.165) is 5.56 Å². The molecule has 7 heteroatoms. The molecule has 2 heterocycles. The van der Waals surface area contributed by atoms with Crippen molar-refractivity contribution >= 4 is 11.8 Å². The number of fused-ring (bicyclic) bond motifs is 1. The highest BCUT2D eigenvalue weighted by molar-refractivity contribution is 5.95. The second-order valence-corrected chi connectivity index (χ2v) is 6.51. The maximum Gasteiger partial charge on any atom is 0.339 e. The van der Waals surface area contributed by atoms with E-state index in [0.29, 0.717) is 5.56 Å². The molecule has 4 rings (SSSR count). The summed E-state index contributed by atoms with van der Waals surface area (Å²) in [5.74, 6) is -1.04. The van der Waals surface area contributed by atoms with Crippen LogP contribution in [0.15, 0.2) is 60.7 Å². The van der Waals surface area contributed by atoms with Crippen molar-refractivity contribution in [2.75, 3.05) is 13.7 Å². The van der Waals surface area contributed by atoms with Crippen molar-refractivity contribution in [3.63, 3.8) is 0 Å². The normalized spacial score (nSPS) is 29.8. The molecule has 0 saturated carbocycles. The molecule has 28 heavy (non-hydrogen) atoms. The summed E-state index contributed by atoms with van der Waals surface area (Å²) in [5.41, 5.74) is 1.13. The monoisotopic (exact) mass is 384 g/mol. The summed E-state index contributed by atoms with van der Waals surface area (Å²) >= 11 is 0. The van der Waals surface area contributed by atoms with Gasteiger partial charge < -0.3 is 23.7 Å². The molecule has 0 radical (unpaired) electrons. The van der Waals surface area contributed by atoms with Crippen LogP contribution in [0.3, 0.4) is 0 Å². The van der Waals surface area contributed by atoms with Crippen molar-refractivity contribution in [1.82, 2.24) is 0 Å². The Labute approximate surface area is 162 Å². The molecule has 0 aromatic heterocycles. The molecule has 0 amide bonds. The topological polar surface area (TPSA) is 80.3 Å². The van der Waals surface area contributed by atoms with Gasteiger partial charge in [0.25, 0.3) is 0 Å². The summed E-state index contributed by atoms with van der Waals surface area (Å²) in [5, 5.41) is 0. The standard InChI is InChI=1S/C21H20O7/c1-24-21-18(27-19(23)13-8-4-2-5-9-13)16(22)17-15(26-21)12-25-20(28-17)14-10-6-3-7-11-14/h2-11,15,17-18,20-21H,12H2,1H3/t15-,17-,18-,20?,21+/m1/s1. The first-order chi connectivity index (χ1) is 13.7. The number of esters is 1. The molecule has 2 saturated heterocycles. The number of rotatable bonds is 4. The fourth-order valence-corrected chi connectivity index (χ4v) is 3.27. The molecule has 5 atom stereocenters. The van der Waals surface area contributed by atoms with Gasteiger partial charge in [-0.2, -0.15) is 0 Å². The first-order valence-corrected chi connectivity index (χ1v) is 8.97. The SMILES string of the molecule is CO[C@H]1O[C@@H]2COC(c3ccccc3)O[C@H]2C(=O)[C@H]1OC(=O)c1ccccc1. The van der Waals surface area contributed by atoms with Crippen LogP contribution in [0, 0.1) is 0 Å². The Bertz CT molecular complexity index is 823. The number of carbonyl (C=O) groups is 2. The van der Waals surface area contributed by atoms with Gasteiger partial charge in [-0.05, 0) is 12.1 Å². The summed E-state index contributed by atoms with van der Waals surface area (Å²) in [6.45, 7) is 0.162. The number of ether oxygens (including phenoxy) is 5. The highest BCUT2D eigenvalue weighted by Crippen LogP contribution is 2.33. The quantitative estimate of drug-likeness (QED) is 0.748. The van der Waals surface area contributed by atoms with Crippen LogP contribution in [-0.4, -0.2) is 50.1 Å². The fraction of sp³-hybridized carbons (Fsp3) is 0.333. The van der Waals surface area contributed by atoms with Crippen LogP contribution >= 0.6 is 0 Å². The van der Waals surface area contributed by atoms with Gasteiger partial charge in [-0.25, -0.2) is 4.79 Å². The van der Waals surface area contributed by atoms with Gasteiger partial charge in [0.15, 0.2) is 12.4 Å². The Hall–Kier alpha value is -2.58. The third-order valence-corrected chi connectivity index (χ3v) is 4.68. The Morgan fingerprint density at radius 1 is 1.00 bits per heavy atom. The van der Waals surface area contributed by atoms with E-state index in [4.69, 9.17) is 23.7 Å². The maximum absolute atomic E-state index is 13.1. The van der Waals surface area contributed by atoms with Gasteiger partial charge in [-0.1, -0.05) is 48.5 Å². The predicted molar refractivity (Wildman–Crippen MR) is 96.3 cm³/mol. The molecule has 2 aliphatic heterocycles. The van der Waals surface area contributed by atoms with E-state index in [-0.39, 0.29) is 6.61 Å². The summed E-state index contributed by atoms with van der Waals surface area (Å²) in [7, 11) is 1.39. The summed E-state index contributed by atoms with van der Waals surface area (Å²) in [4.78, 5) is 25.5. The summed E-state index contributed by atoms with van der Waals surface area (Å²) < 4.78 is 28.0. The van der Waals surface area contributed by atoms with Crippen LogP contribution < -0.4 is 0 Å². The van der Waals surface area contributed by atoms with E-state index in [1.165, 1.54) is 7.11 Å². The largest absolute Gasteiger partial charge is 0.445 e. The zero-order valence-corrected chi connectivity index (χ0v) is 15.2. The van der Waals surface area contributed by atoms with Crippen LogP contribution in [0.2, 0.25) is 0 Å². The molecule has 0 N–H and O–H groups in total. The first-order valence-electron chi connectivity index (χ1n) is 8.97. The third kappa shape index (κ3) is 3.70. The van der Waals surface area contributed by atoms with E-state index in [9.17, 15) is 9.59 Å². The van der Waals surface area contributed by atoms with E-state index < -0.39 is 42.6 Å². The number of hydrogen-bond donors (Lipinski definition) is 0. The van der Waals surface area contributed by atoms with Crippen molar-refractivity contribution < 1.29 is 33.3 Å². The summed E-state index contributed by atoms with van der Waals surface area (Å²) in [6, 6.07) is 17.7. The minimum absolute atomic E-state index is 0.162. The van der Waals surface area contributed by atoms with Crippen LogP contribution in [0.25, 0.3) is 0 Å². The van der Waals surface area contributed by atoms with E-state index >= 15 is 0 Å². The van der Waals surface area contributed by atoms with Gasteiger partial charge >= 0.3 is 5.97 Å². The highest BCUT2D eigenvalue weighted by Gasteiger charge is 2.51. The predicted octanol–water partition coefficient (Wildman–Crippen LogP) is 2.27. The molecular formula is C21H20O7. The molecule has 7 nitrogen and oxygen atoms in total. The summed E-state index contributed by atoms with van der Waals surface area (Å²) in [6.07, 6.45) is -4.50. The molecule has 2 aliphatic rings. The average Bonchev–Trinajstić information content (AvgIpc) is 2.76. The Kier molecular flexibility index (Phi) is 5.50. The smallest absolute Gasteiger partial charge is 0.339 e. The zero-order chi connectivity index (χ0) is 19.5. The van der Waals surface area contributed by atoms with Crippen molar-refractivity contribution in [3.8, 4) is 0 Å². The molecule has 0 spiro atoms.